The van der Waals surface area contributed by atoms with E-state index in [9.17, 15) is 0 Å². The van der Waals surface area contributed by atoms with Crippen LogP contribution < -0.4 is 10.6 Å². The molecule has 2 aromatic heterocycles. The third-order valence-corrected chi connectivity index (χ3v) is 4.28. The van der Waals surface area contributed by atoms with Gasteiger partial charge in [-0.15, -0.1) is 11.3 Å². The zero-order valence-corrected chi connectivity index (χ0v) is 13.2. The van der Waals surface area contributed by atoms with Gasteiger partial charge in [-0.25, -0.2) is 9.97 Å². The van der Waals surface area contributed by atoms with Gasteiger partial charge < -0.3 is 10.6 Å². The van der Waals surface area contributed by atoms with Crippen LogP contribution in [0.5, 0.6) is 0 Å². The molecule has 0 saturated carbocycles. The van der Waals surface area contributed by atoms with Crippen molar-refractivity contribution in [3.8, 4) is 0 Å². The molecule has 0 saturated heterocycles. The number of hydrogen-bond acceptors (Lipinski definition) is 5. The molecule has 2 heterocycles. The van der Waals surface area contributed by atoms with Crippen LogP contribution in [-0.4, -0.2) is 17.0 Å². The standard InChI is InChI=1S/C15H22N4S/c1-4-6-12-14(16-3)18-10-19-15(12)17-9-13-11(5-2)7-8-20-13/h7-8,10H,4-6,9H2,1-3H3,(H2,16,17,18,19). The Kier molecular flexibility index (Phi) is 5.35. The van der Waals surface area contributed by atoms with Crippen LogP contribution in [0.2, 0.25) is 0 Å². The summed E-state index contributed by atoms with van der Waals surface area (Å²) in [6, 6.07) is 2.20. The first-order valence-electron chi connectivity index (χ1n) is 7.10. The summed E-state index contributed by atoms with van der Waals surface area (Å²) in [5.41, 5.74) is 2.59. The summed E-state index contributed by atoms with van der Waals surface area (Å²) in [4.78, 5) is 10.1. The molecule has 2 aromatic rings. The molecular formula is C15H22N4S. The second kappa shape index (κ2) is 7.24. The summed E-state index contributed by atoms with van der Waals surface area (Å²) >= 11 is 1.80. The second-order valence-corrected chi connectivity index (χ2v) is 5.63. The molecular weight excluding hydrogens is 268 g/mol. The van der Waals surface area contributed by atoms with Gasteiger partial charge in [-0.05, 0) is 29.9 Å². The Balaban J connectivity index is 2.16. The van der Waals surface area contributed by atoms with Crippen LogP contribution in [0.25, 0.3) is 0 Å². The molecule has 4 nitrogen and oxygen atoms in total. The van der Waals surface area contributed by atoms with Crippen molar-refractivity contribution in [1.29, 1.82) is 0 Å². The molecule has 0 bridgehead atoms. The number of nitrogens with zero attached hydrogens (tertiary/aromatic N) is 2. The molecule has 0 spiro atoms. The zero-order chi connectivity index (χ0) is 14.4. The average Bonchev–Trinajstić information content (AvgIpc) is 2.93. The molecule has 0 aliphatic rings. The van der Waals surface area contributed by atoms with E-state index in [1.54, 1.807) is 17.7 Å². The molecule has 2 N–H and O–H groups in total. The van der Waals surface area contributed by atoms with Crippen LogP contribution in [0.4, 0.5) is 11.6 Å². The highest BCUT2D eigenvalue weighted by molar-refractivity contribution is 7.10. The molecule has 0 aromatic carbocycles. The van der Waals surface area contributed by atoms with Gasteiger partial charge in [0.05, 0.1) is 6.54 Å². The van der Waals surface area contributed by atoms with Crippen molar-refractivity contribution in [3.63, 3.8) is 0 Å². The highest BCUT2D eigenvalue weighted by atomic mass is 32.1. The van der Waals surface area contributed by atoms with E-state index in [1.165, 1.54) is 16.0 Å². The van der Waals surface area contributed by atoms with E-state index in [-0.39, 0.29) is 0 Å². The highest BCUT2D eigenvalue weighted by Gasteiger charge is 2.10. The number of rotatable bonds is 7. The number of aryl methyl sites for hydroxylation is 1. The number of hydrogen-bond donors (Lipinski definition) is 2. The smallest absolute Gasteiger partial charge is 0.135 e. The van der Waals surface area contributed by atoms with Gasteiger partial charge in [0.25, 0.3) is 0 Å². The van der Waals surface area contributed by atoms with Gasteiger partial charge in [0.1, 0.15) is 18.0 Å². The number of aromatic nitrogens is 2. The maximum Gasteiger partial charge on any atom is 0.135 e. The Morgan fingerprint density at radius 2 is 2.00 bits per heavy atom. The van der Waals surface area contributed by atoms with Crippen molar-refractivity contribution in [2.24, 2.45) is 0 Å². The molecule has 0 unspecified atom stereocenters. The van der Waals surface area contributed by atoms with Crippen LogP contribution in [-0.2, 0) is 19.4 Å². The van der Waals surface area contributed by atoms with Crippen LogP contribution in [0, 0.1) is 0 Å². The maximum absolute atomic E-state index is 4.40. The average molecular weight is 290 g/mol. The van der Waals surface area contributed by atoms with Crippen molar-refractivity contribution in [2.75, 3.05) is 17.7 Å². The van der Waals surface area contributed by atoms with E-state index in [0.29, 0.717) is 0 Å². The van der Waals surface area contributed by atoms with Crippen LogP contribution >= 0.6 is 11.3 Å². The van der Waals surface area contributed by atoms with Gasteiger partial charge in [-0.2, -0.15) is 0 Å². The molecule has 108 valence electrons. The van der Waals surface area contributed by atoms with E-state index in [2.05, 4.69) is 45.9 Å². The first kappa shape index (κ1) is 14.8. The summed E-state index contributed by atoms with van der Waals surface area (Å²) in [5.74, 6) is 1.87. The molecule has 0 amide bonds. The van der Waals surface area contributed by atoms with Crippen molar-refractivity contribution >= 4 is 23.0 Å². The number of thiophene rings is 1. The lowest BCUT2D eigenvalue weighted by Gasteiger charge is -2.13. The third kappa shape index (κ3) is 3.28. The van der Waals surface area contributed by atoms with Crippen LogP contribution in [0.15, 0.2) is 17.8 Å². The first-order chi connectivity index (χ1) is 9.80. The molecule has 2 rings (SSSR count). The van der Waals surface area contributed by atoms with Crippen LogP contribution in [0.3, 0.4) is 0 Å². The summed E-state index contributed by atoms with van der Waals surface area (Å²) in [5, 5.41) is 8.77. The third-order valence-electron chi connectivity index (χ3n) is 3.32. The van der Waals surface area contributed by atoms with E-state index >= 15 is 0 Å². The fourth-order valence-electron chi connectivity index (χ4n) is 2.27. The zero-order valence-electron chi connectivity index (χ0n) is 12.4. The molecule has 5 heteroatoms. The van der Waals surface area contributed by atoms with E-state index in [4.69, 9.17) is 0 Å². The largest absolute Gasteiger partial charge is 0.373 e. The first-order valence-corrected chi connectivity index (χ1v) is 7.98. The summed E-state index contributed by atoms with van der Waals surface area (Å²) in [6.45, 7) is 5.19. The summed E-state index contributed by atoms with van der Waals surface area (Å²) in [6.07, 6.45) is 4.75. The minimum absolute atomic E-state index is 0.831. The van der Waals surface area contributed by atoms with Crippen molar-refractivity contribution < 1.29 is 0 Å². The number of anilines is 2. The topological polar surface area (TPSA) is 49.8 Å². The molecule has 0 radical (unpaired) electrons. The van der Waals surface area contributed by atoms with Crippen molar-refractivity contribution in [2.45, 2.75) is 39.7 Å². The lowest BCUT2D eigenvalue weighted by molar-refractivity contribution is 0.899. The van der Waals surface area contributed by atoms with Gasteiger partial charge >= 0.3 is 0 Å². The Labute approximate surface area is 124 Å². The van der Waals surface area contributed by atoms with Crippen LogP contribution in [0.1, 0.15) is 36.3 Å². The minimum Gasteiger partial charge on any atom is -0.373 e. The molecule has 0 aliphatic carbocycles. The Morgan fingerprint density at radius 1 is 1.20 bits per heavy atom. The summed E-state index contributed by atoms with van der Waals surface area (Å²) < 4.78 is 0. The van der Waals surface area contributed by atoms with E-state index in [1.807, 2.05) is 7.05 Å². The lowest BCUT2D eigenvalue weighted by Crippen LogP contribution is -2.08. The monoisotopic (exact) mass is 290 g/mol. The van der Waals surface area contributed by atoms with Gasteiger partial charge in [0, 0.05) is 17.5 Å². The van der Waals surface area contributed by atoms with E-state index < -0.39 is 0 Å². The predicted octanol–water partition coefficient (Wildman–Crippen LogP) is 3.71. The van der Waals surface area contributed by atoms with E-state index in [0.717, 1.165) is 37.4 Å². The van der Waals surface area contributed by atoms with Gasteiger partial charge in [-0.3, -0.25) is 0 Å². The Morgan fingerprint density at radius 3 is 2.70 bits per heavy atom. The van der Waals surface area contributed by atoms with Gasteiger partial charge in [0.15, 0.2) is 0 Å². The SMILES string of the molecule is CCCc1c(NC)ncnc1NCc1sccc1CC. The van der Waals surface area contributed by atoms with Crippen molar-refractivity contribution in [1.82, 2.24) is 9.97 Å². The number of nitrogens with one attached hydrogen (secondary N) is 2. The maximum atomic E-state index is 4.40. The molecule has 0 atom stereocenters. The lowest BCUT2D eigenvalue weighted by atomic mass is 10.1. The molecule has 20 heavy (non-hydrogen) atoms. The van der Waals surface area contributed by atoms with Crippen molar-refractivity contribution in [3.05, 3.63) is 33.8 Å². The molecule has 0 aliphatic heterocycles. The highest BCUT2D eigenvalue weighted by Crippen LogP contribution is 2.23. The Bertz CT molecular complexity index is 551. The minimum atomic E-state index is 0.831. The summed E-state index contributed by atoms with van der Waals surface area (Å²) in [7, 11) is 1.90. The quantitative estimate of drug-likeness (QED) is 0.816. The fourth-order valence-corrected chi connectivity index (χ4v) is 3.18. The normalized spacial score (nSPS) is 10.6. The Hall–Kier alpha value is -1.62. The predicted molar refractivity (Wildman–Crippen MR) is 86.6 cm³/mol. The van der Waals surface area contributed by atoms with Gasteiger partial charge in [0.2, 0.25) is 0 Å². The second-order valence-electron chi connectivity index (χ2n) is 4.63. The fraction of sp³-hybridized carbons (Fsp3) is 0.467. The van der Waals surface area contributed by atoms with Gasteiger partial charge in [-0.1, -0.05) is 20.3 Å². The molecule has 0 fully saturated rings.